The molecule has 0 heterocycles. The Morgan fingerprint density at radius 1 is 1.23 bits per heavy atom. The first-order valence-corrected chi connectivity index (χ1v) is 6.75. The second kappa shape index (κ2) is 12.0. The van der Waals surface area contributed by atoms with Crippen LogP contribution in [0.1, 0.15) is 19.8 Å². The van der Waals surface area contributed by atoms with Gasteiger partial charge < -0.3 is 25.8 Å². The molecule has 0 aromatic rings. The van der Waals surface area contributed by atoms with E-state index in [1.807, 2.05) is 0 Å². The van der Waals surface area contributed by atoms with Gasteiger partial charge in [0.05, 0.1) is 6.61 Å². The summed E-state index contributed by atoms with van der Waals surface area (Å²) in [6.07, 6.45) is 0.935. The lowest BCUT2D eigenvalue weighted by molar-refractivity contribution is -0.137. The third-order valence-corrected chi connectivity index (χ3v) is 2.28. The average Bonchev–Trinajstić information content (AvgIpc) is 2.47. The third-order valence-electron chi connectivity index (χ3n) is 2.28. The van der Waals surface area contributed by atoms with Crippen LogP contribution in [0.2, 0.25) is 0 Å². The fraction of sp³-hybridized carbons (Fsp3) is 0.538. The maximum absolute atomic E-state index is 11.6. The highest BCUT2D eigenvalue weighted by atomic mass is 16.5. The molecule has 2 amide bonds. The summed E-state index contributed by atoms with van der Waals surface area (Å²) < 4.78 is 4.65. The van der Waals surface area contributed by atoms with Gasteiger partial charge in [0.15, 0.2) is 0 Å². The number of ether oxygens (including phenoxy) is 1. The summed E-state index contributed by atoms with van der Waals surface area (Å²) >= 11 is 0. The number of carboxylic acid groups (broad SMARTS) is 1. The molecule has 4 N–H and O–H groups in total. The predicted octanol–water partition coefficient (Wildman–Crippen LogP) is -0.289. The van der Waals surface area contributed by atoms with Crippen LogP contribution < -0.4 is 16.0 Å². The van der Waals surface area contributed by atoms with E-state index >= 15 is 0 Å². The van der Waals surface area contributed by atoms with Gasteiger partial charge in [-0.2, -0.15) is 5.26 Å². The summed E-state index contributed by atoms with van der Waals surface area (Å²) in [6.45, 7) is 2.73. The molecule has 0 radical (unpaired) electrons. The number of hydrogen-bond acceptors (Lipinski definition) is 6. The summed E-state index contributed by atoms with van der Waals surface area (Å²) in [7, 11) is 0. The molecular formula is C13H20N4O5. The molecule has 22 heavy (non-hydrogen) atoms. The monoisotopic (exact) mass is 312 g/mol. The number of carbonyl (C=O) groups excluding carboxylic acids is 2. The number of nitriles is 1. The Labute approximate surface area is 128 Å². The van der Waals surface area contributed by atoms with E-state index in [2.05, 4.69) is 20.7 Å². The molecule has 0 saturated carbocycles. The second-order valence-corrected chi connectivity index (χ2v) is 4.02. The lowest BCUT2D eigenvalue weighted by Crippen LogP contribution is -2.31. The average molecular weight is 312 g/mol. The van der Waals surface area contributed by atoms with Gasteiger partial charge in [-0.25, -0.2) is 4.79 Å². The van der Waals surface area contributed by atoms with Crippen molar-refractivity contribution in [1.82, 2.24) is 16.0 Å². The minimum atomic E-state index is -0.943. The zero-order valence-corrected chi connectivity index (χ0v) is 12.3. The van der Waals surface area contributed by atoms with E-state index in [0.29, 0.717) is 6.54 Å². The number of alkyl carbamates (subject to hydrolysis) is 1. The Hall–Kier alpha value is -2.76. The third kappa shape index (κ3) is 10.1. The molecule has 0 unspecified atom stereocenters. The molecule has 0 bridgehead atoms. The second-order valence-electron chi connectivity index (χ2n) is 4.02. The Bertz CT molecular complexity index is 456. The van der Waals surface area contributed by atoms with Gasteiger partial charge in [0.2, 0.25) is 0 Å². The zero-order chi connectivity index (χ0) is 16.8. The van der Waals surface area contributed by atoms with E-state index in [1.165, 1.54) is 6.20 Å². The molecule has 0 aliphatic carbocycles. The predicted molar refractivity (Wildman–Crippen MR) is 76.6 cm³/mol. The number of aliphatic carboxylic acids is 1. The van der Waals surface area contributed by atoms with Crippen LogP contribution in [0.5, 0.6) is 0 Å². The molecule has 0 saturated heterocycles. The first-order valence-electron chi connectivity index (χ1n) is 6.75. The van der Waals surface area contributed by atoms with Crippen molar-refractivity contribution in [2.75, 3.05) is 26.2 Å². The van der Waals surface area contributed by atoms with Crippen molar-refractivity contribution in [2.45, 2.75) is 19.8 Å². The summed E-state index contributed by atoms with van der Waals surface area (Å²) in [4.78, 5) is 32.9. The highest BCUT2D eigenvalue weighted by Gasteiger charge is 2.08. The van der Waals surface area contributed by atoms with Gasteiger partial charge in [-0.1, -0.05) is 0 Å². The fourth-order valence-electron chi connectivity index (χ4n) is 1.28. The number of rotatable bonds is 10. The maximum atomic E-state index is 11.6. The number of carbonyl (C=O) groups is 3. The van der Waals surface area contributed by atoms with Crippen LogP contribution in [-0.4, -0.2) is 49.3 Å². The molecule has 0 atom stereocenters. The van der Waals surface area contributed by atoms with Crippen LogP contribution in [-0.2, 0) is 14.3 Å². The SMILES string of the molecule is CCOC(=O)NCCN/C=C(/C#N)C(=O)NCCCC(=O)O. The molecule has 9 nitrogen and oxygen atoms in total. The quantitative estimate of drug-likeness (QED) is 0.247. The van der Waals surface area contributed by atoms with E-state index in [1.54, 1.807) is 13.0 Å². The Kier molecular flexibility index (Phi) is 10.5. The molecule has 0 fully saturated rings. The highest BCUT2D eigenvalue weighted by molar-refractivity contribution is 5.97. The zero-order valence-electron chi connectivity index (χ0n) is 12.3. The first kappa shape index (κ1) is 19.2. The van der Waals surface area contributed by atoms with E-state index in [4.69, 9.17) is 10.4 Å². The van der Waals surface area contributed by atoms with Gasteiger partial charge in [0.25, 0.3) is 5.91 Å². The molecule has 0 aliphatic heterocycles. The van der Waals surface area contributed by atoms with Crippen molar-refractivity contribution < 1.29 is 24.2 Å². The van der Waals surface area contributed by atoms with Crippen molar-refractivity contribution in [3.8, 4) is 6.07 Å². The Morgan fingerprint density at radius 3 is 2.55 bits per heavy atom. The van der Waals surface area contributed by atoms with Crippen molar-refractivity contribution >= 4 is 18.0 Å². The number of nitrogens with one attached hydrogen (secondary N) is 3. The van der Waals surface area contributed by atoms with Crippen LogP contribution in [0.4, 0.5) is 4.79 Å². The van der Waals surface area contributed by atoms with E-state index in [9.17, 15) is 14.4 Å². The maximum Gasteiger partial charge on any atom is 0.407 e. The molecule has 9 heteroatoms. The summed E-state index contributed by atoms with van der Waals surface area (Å²) in [6, 6.07) is 1.73. The number of nitrogens with zero attached hydrogens (tertiary/aromatic N) is 1. The Morgan fingerprint density at radius 2 is 1.95 bits per heavy atom. The lowest BCUT2D eigenvalue weighted by Gasteiger charge is -2.06. The molecule has 0 spiro atoms. The normalized spacial score (nSPS) is 10.3. The Balaban J connectivity index is 3.97. The van der Waals surface area contributed by atoms with Crippen molar-refractivity contribution in [1.29, 1.82) is 5.26 Å². The van der Waals surface area contributed by atoms with Crippen LogP contribution in [0.15, 0.2) is 11.8 Å². The van der Waals surface area contributed by atoms with Crippen molar-refractivity contribution in [2.24, 2.45) is 0 Å². The van der Waals surface area contributed by atoms with Gasteiger partial charge >= 0.3 is 12.1 Å². The molecule has 0 aromatic carbocycles. The number of hydrogen-bond donors (Lipinski definition) is 4. The topological polar surface area (TPSA) is 141 Å². The van der Waals surface area contributed by atoms with Crippen molar-refractivity contribution in [3.05, 3.63) is 11.8 Å². The number of amides is 2. The van der Waals surface area contributed by atoms with Gasteiger partial charge in [0.1, 0.15) is 11.6 Å². The number of carboxylic acids is 1. The van der Waals surface area contributed by atoms with Gasteiger partial charge in [-0.05, 0) is 13.3 Å². The van der Waals surface area contributed by atoms with Crippen LogP contribution in [0, 0.1) is 11.3 Å². The van der Waals surface area contributed by atoms with Gasteiger partial charge in [-0.3, -0.25) is 9.59 Å². The standard InChI is InChI=1S/C13H20N4O5/c1-2-22-13(21)17-7-6-15-9-10(8-14)12(20)16-5-3-4-11(18)19/h9,15H,2-7H2,1H3,(H,16,20)(H,17,21)(H,18,19)/b10-9-. The lowest BCUT2D eigenvalue weighted by atomic mass is 10.2. The molecule has 0 aliphatic rings. The summed E-state index contributed by atoms with van der Waals surface area (Å²) in [5, 5.41) is 24.9. The molecule has 0 aromatic heterocycles. The minimum Gasteiger partial charge on any atom is -0.481 e. The van der Waals surface area contributed by atoms with Crippen molar-refractivity contribution in [3.63, 3.8) is 0 Å². The smallest absolute Gasteiger partial charge is 0.407 e. The van der Waals surface area contributed by atoms with E-state index < -0.39 is 18.0 Å². The molecule has 0 rings (SSSR count). The molecular weight excluding hydrogens is 292 g/mol. The van der Waals surface area contributed by atoms with Crippen LogP contribution in [0.25, 0.3) is 0 Å². The largest absolute Gasteiger partial charge is 0.481 e. The van der Waals surface area contributed by atoms with Crippen LogP contribution in [0.3, 0.4) is 0 Å². The first-order chi connectivity index (χ1) is 10.5. The van der Waals surface area contributed by atoms with Crippen LogP contribution >= 0.6 is 0 Å². The summed E-state index contributed by atoms with van der Waals surface area (Å²) in [5.74, 6) is -1.53. The molecule has 122 valence electrons. The highest BCUT2D eigenvalue weighted by Crippen LogP contribution is 1.92. The fourth-order valence-corrected chi connectivity index (χ4v) is 1.28. The van der Waals surface area contributed by atoms with E-state index in [-0.39, 0.29) is 38.1 Å². The van der Waals surface area contributed by atoms with E-state index in [0.717, 1.165) is 0 Å². The van der Waals surface area contributed by atoms with Gasteiger partial charge in [0, 0.05) is 32.3 Å². The minimum absolute atomic E-state index is 0.0519. The summed E-state index contributed by atoms with van der Waals surface area (Å²) in [5.41, 5.74) is -0.133. The van der Waals surface area contributed by atoms with Gasteiger partial charge in [-0.15, -0.1) is 0 Å².